The maximum Gasteiger partial charge on any atom is 0.137 e. The first-order valence-electron chi connectivity index (χ1n) is 6.76. The van der Waals surface area contributed by atoms with Crippen LogP contribution in [0.3, 0.4) is 0 Å². The monoisotopic (exact) mass is 295 g/mol. The molecule has 0 aliphatic rings. The molecule has 104 valence electrons. The second-order valence-electron chi connectivity index (χ2n) is 4.93. The van der Waals surface area contributed by atoms with E-state index in [4.69, 9.17) is 0 Å². The summed E-state index contributed by atoms with van der Waals surface area (Å²) in [5, 5.41) is 11.3. The largest absolute Gasteiger partial charge is 0.386 e. The lowest BCUT2D eigenvalue weighted by Gasteiger charge is -2.03. The predicted molar refractivity (Wildman–Crippen MR) is 83.5 cm³/mol. The molecular weight excluding hydrogens is 282 g/mol. The van der Waals surface area contributed by atoms with Gasteiger partial charge in [0.25, 0.3) is 0 Å². The van der Waals surface area contributed by atoms with Gasteiger partial charge in [0, 0.05) is 18.8 Å². The van der Waals surface area contributed by atoms with Crippen LogP contribution in [0.5, 0.6) is 0 Å². The minimum Gasteiger partial charge on any atom is -0.386 e. The molecule has 4 nitrogen and oxygen atoms in total. The van der Waals surface area contributed by atoms with Gasteiger partial charge in [-0.05, 0) is 24.3 Å². The Morgan fingerprint density at radius 3 is 2.81 bits per heavy atom. The highest BCUT2D eigenvalue weighted by atomic mass is 32.1. The van der Waals surface area contributed by atoms with Crippen molar-refractivity contribution in [3.05, 3.63) is 65.6 Å². The van der Waals surface area contributed by atoms with Crippen LogP contribution in [-0.4, -0.2) is 19.5 Å². The lowest BCUT2D eigenvalue weighted by atomic mass is 10.2. The topological polar surface area (TPSA) is 50.4 Å². The van der Waals surface area contributed by atoms with Crippen LogP contribution in [0.1, 0.15) is 16.8 Å². The minimum atomic E-state index is -0.634. The molecule has 1 N–H and O–H groups in total. The number of hydrogen-bond acceptors (Lipinski definition) is 4. The number of aliphatic hydroxyl groups excluding tert-OH is 1. The molecule has 1 atom stereocenters. The summed E-state index contributed by atoms with van der Waals surface area (Å²) in [6.45, 7) is 0. The van der Waals surface area contributed by atoms with E-state index in [0.717, 1.165) is 20.9 Å². The molecule has 0 bridgehead atoms. The van der Waals surface area contributed by atoms with E-state index in [0.29, 0.717) is 12.1 Å². The molecule has 1 aromatic carbocycles. The quantitative estimate of drug-likeness (QED) is 0.631. The molecule has 1 unspecified atom stereocenters. The molecule has 0 amide bonds. The van der Waals surface area contributed by atoms with Crippen molar-refractivity contribution in [2.45, 2.75) is 12.5 Å². The van der Waals surface area contributed by atoms with Gasteiger partial charge in [-0.25, -0.2) is 9.97 Å². The number of imidazole rings is 1. The molecule has 3 heterocycles. The van der Waals surface area contributed by atoms with Crippen molar-refractivity contribution < 1.29 is 5.11 Å². The number of para-hydroxylation sites is 1. The molecule has 0 radical (unpaired) electrons. The second-order valence-corrected chi connectivity index (χ2v) is 6.04. The Hall–Kier alpha value is -2.24. The van der Waals surface area contributed by atoms with Crippen molar-refractivity contribution in [2.24, 2.45) is 0 Å². The molecule has 0 spiro atoms. The normalized spacial score (nSPS) is 13.0. The van der Waals surface area contributed by atoms with Crippen LogP contribution in [-0.2, 0) is 6.42 Å². The summed E-state index contributed by atoms with van der Waals surface area (Å²) in [6, 6.07) is 13.8. The summed E-state index contributed by atoms with van der Waals surface area (Å²) in [5.41, 5.74) is 2.51. The van der Waals surface area contributed by atoms with Gasteiger partial charge in [0.1, 0.15) is 11.8 Å². The number of aromatic nitrogens is 3. The second kappa shape index (κ2) is 4.95. The summed E-state index contributed by atoms with van der Waals surface area (Å²) in [7, 11) is 0. The van der Waals surface area contributed by atoms with E-state index in [9.17, 15) is 5.11 Å². The number of rotatable bonds is 3. The van der Waals surface area contributed by atoms with Crippen molar-refractivity contribution in [1.29, 1.82) is 0 Å². The number of thiazole rings is 1. The summed E-state index contributed by atoms with van der Waals surface area (Å²) >= 11 is 1.62. The molecule has 0 saturated heterocycles. The third-order valence-corrected chi connectivity index (χ3v) is 4.49. The molecule has 0 aliphatic carbocycles. The number of hydrogen-bond donors (Lipinski definition) is 1. The fourth-order valence-electron chi connectivity index (χ4n) is 2.39. The Morgan fingerprint density at radius 1 is 1.10 bits per heavy atom. The molecule has 0 fully saturated rings. The van der Waals surface area contributed by atoms with Crippen LogP contribution in [0, 0.1) is 0 Å². The maximum absolute atomic E-state index is 10.4. The number of nitrogens with zero attached hydrogens (tertiary/aromatic N) is 3. The first-order chi connectivity index (χ1) is 10.3. The van der Waals surface area contributed by atoms with Gasteiger partial charge in [-0.2, -0.15) is 0 Å². The highest BCUT2D eigenvalue weighted by Crippen LogP contribution is 2.26. The molecule has 5 heteroatoms. The zero-order valence-electron chi connectivity index (χ0n) is 11.2. The molecule has 0 aliphatic heterocycles. The fourth-order valence-corrected chi connectivity index (χ4v) is 3.40. The van der Waals surface area contributed by atoms with E-state index in [1.807, 2.05) is 59.3 Å². The minimum absolute atomic E-state index is 0.489. The summed E-state index contributed by atoms with van der Waals surface area (Å²) in [6.07, 6.45) is 3.65. The average molecular weight is 295 g/mol. The van der Waals surface area contributed by atoms with E-state index in [1.165, 1.54) is 0 Å². The zero-order chi connectivity index (χ0) is 14.2. The Balaban J connectivity index is 1.63. The van der Waals surface area contributed by atoms with Crippen molar-refractivity contribution in [1.82, 2.24) is 14.4 Å². The lowest BCUT2D eigenvalue weighted by Crippen LogP contribution is -2.01. The van der Waals surface area contributed by atoms with Crippen LogP contribution >= 0.6 is 11.3 Å². The highest BCUT2D eigenvalue weighted by molar-refractivity contribution is 7.18. The number of aliphatic hydroxyl groups is 1. The van der Waals surface area contributed by atoms with Gasteiger partial charge in [-0.15, -0.1) is 11.3 Å². The van der Waals surface area contributed by atoms with Gasteiger partial charge in [-0.1, -0.05) is 18.2 Å². The van der Waals surface area contributed by atoms with Gasteiger partial charge >= 0.3 is 0 Å². The summed E-state index contributed by atoms with van der Waals surface area (Å²) in [5.74, 6) is 0. The molecular formula is C16H13N3OS. The highest BCUT2D eigenvalue weighted by Gasteiger charge is 2.15. The molecule has 4 aromatic rings. The average Bonchev–Trinajstić information content (AvgIpc) is 3.10. The third-order valence-electron chi connectivity index (χ3n) is 3.43. The smallest absolute Gasteiger partial charge is 0.137 e. The van der Waals surface area contributed by atoms with Crippen LogP contribution in [0.15, 0.2) is 54.9 Å². The van der Waals surface area contributed by atoms with Crippen LogP contribution in [0.4, 0.5) is 0 Å². The predicted octanol–water partition coefficient (Wildman–Crippen LogP) is 3.22. The number of benzene rings is 1. The molecule has 3 aromatic heterocycles. The fraction of sp³-hybridized carbons (Fsp3) is 0.125. The Morgan fingerprint density at radius 2 is 1.95 bits per heavy atom. The first-order valence-corrected chi connectivity index (χ1v) is 7.57. The molecule has 21 heavy (non-hydrogen) atoms. The molecule has 0 saturated carbocycles. The summed E-state index contributed by atoms with van der Waals surface area (Å²) in [4.78, 5) is 9.01. The van der Waals surface area contributed by atoms with Crippen molar-refractivity contribution in [3.8, 4) is 0 Å². The Kier molecular flexibility index (Phi) is 2.94. The van der Waals surface area contributed by atoms with E-state index >= 15 is 0 Å². The van der Waals surface area contributed by atoms with Crippen LogP contribution < -0.4 is 0 Å². The van der Waals surface area contributed by atoms with E-state index < -0.39 is 6.10 Å². The summed E-state index contributed by atoms with van der Waals surface area (Å²) < 4.78 is 3.06. The number of pyridine rings is 1. The third kappa shape index (κ3) is 2.30. The van der Waals surface area contributed by atoms with Gasteiger partial charge in [0.05, 0.1) is 20.9 Å². The van der Waals surface area contributed by atoms with Gasteiger partial charge in [-0.3, -0.25) is 0 Å². The molecule has 4 rings (SSSR count). The number of fused-ring (bicyclic) bond motifs is 2. The first kappa shape index (κ1) is 12.5. The van der Waals surface area contributed by atoms with E-state index in [1.54, 1.807) is 11.3 Å². The van der Waals surface area contributed by atoms with Crippen LogP contribution in [0.2, 0.25) is 0 Å². The van der Waals surface area contributed by atoms with E-state index in [-0.39, 0.29) is 0 Å². The Labute approximate surface area is 125 Å². The zero-order valence-corrected chi connectivity index (χ0v) is 12.0. The van der Waals surface area contributed by atoms with Gasteiger partial charge < -0.3 is 9.51 Å². The van der Waals surface area contributed by atoms with Gasteiger partial charge in [0.2, 0.25) is 0 Å². The van der Waals surface area contributed by atoms with Crippen LogP contribution in [0.25, 0.3) is 15.9 Å². The Bertz CT molecular complexity index is 846. The van der Waals surface area contributed by atoms with E-state index in [2.05, 4.69) is 9.97 Å². The van der Waals surface area contributed by atoms with Crippen molar-refractivity contribution >= 4 is 27.2 Å². The van der Waals surface area contributed by atoms with Crippen molar-refractivity contribution in [2.75, 3.05) is 0 Å². The van der Waals surface area contributed by atoms with Gasteiger partial charge in [0.15, 0.2) is 0 Å². The maximum atomic E-state index is 10.4. The van der Waals surface area contributed by atoms with Crippen molar-refractivity contribution in [3.63, 3.8) is 0 Å². The lowest BCUT2D eigenvalue weighted by molar-refractivity contribution is 0.174. The SMILES string of the molecule is OC(Cc1nc2ccccc2s1)c1cn2ccccc2n1. The standard InChI is InChI=1S/C16H13N3OS/c20-13(12-10-19-8-4-3-7-15(19)17-12)9-16-18-11-5-1-2-6-14(11)21-16/h1-8,10,13,20H,9H2.